The molecule has 0 saturated carbocycles. The number of imidazole rings is 1. The van der Waals surface area contributed by atoms with Crippen LogP contribution in [-0.2, 0) is 11.3 Å². The molecule has 2 aromatic heterocycles. The molecule has 0 unspecified atom stereocenters. The van der Waals surface area contributed by atoms with Gasteiger partial charge in [0.15, 0.2) is 5.16 Å². The largest absolute Gasteiger partial charge is 0.497 e. The van der Waals surface area contributed by atoms with Gasteiger partial charge in [0.25, 0.3) is 5.91 Å². The lowest BCUT2D eigenvalue weighted by Crippen LogP contribution is -2.22. The van der Waals surface area contributed by atoms with Gasteiger partial charge in [-0.1, -0.05) is 11.8 Å². The Hall–Kier alpha value is -3.98. The summed E-state index contributed by atoms with van der Waals surface area (Å²) in [6.45, 7) is 0.328. The first-order valence-corrected chi connectivity index (χ1v) is 11.1. The molecule has 33 heavy (non-hydrogen) atoms. The van der Waals surface area contributed by atoms with Crippen LogP contribution in [0.1, 0.15) is 16.1 Å². The van der Waals surface area contributed by atoms with Crippen LogP contribution < -0.4 is 15.4 Å². The molecule has 168 valence electrons. The number of aromatic nitrogens is 2. The number of amides is 2. The number of carbonyl (C=O) groups is 2. The molecule has 0 aliphatic heterocycles. The molecule has 4 rings (SSSR count). The average molecular weight is 463 g/mol. The molecule has 2 N–H and O–H groups in total. The van der Waals surface area contributed by atoms with E-state index in [9.17, 15) is 9.59 Å². The summed E-state index contributed by atoms with van der Waals surface area (Å²) in [6.07, 6.45) is 5.06. The highest BCUT2D eigenvalue weighted by Gasteiger charge is 2.11. The van der Waals surface area contributed by atoms with Crippen LogP contribution in [0.5, 0.6) is 5.75 Å². The van der Waals surface area contributed by atoms with Gasteiger partial charge in [0.1, 0.15) is 11.5 Å². The van der Waals surface area contributed by atoms with Crippen molar-refractivity contribution in [3.05, 3.63) is 90.6 Å². The molecule has 2 amide bonds. The third-order valence-electron chi connectivity index (χ3n) is 4.72. The van der Waals surface area contributed by atoms with Crippen molar-refractivity contribution in [1.82, 2.24) is 14.9 Å². The molecule has 0 saturated heterocycles. The van der Waals surface area contributed by atoms with Crippen molar-refractivity contribution in [2.45, 2.75) is 11.7 Å². The van der Waals surface area contributed by atoms with Crippen LogP contribution in [0, 0.1) is 0 Å². The summed E-state index contributed by atoms with van der Waals surface area (Å²) in [4.78, 5) is 29.0. The number of hydrogen-bond acceptors (Lipinski definition) is 6. The second-order valence-electron chi connectivity index (χ2n) is 6.95. The molecule has 0 aliphatic carbocycles. The Bertz CT molecular complexity index is 1200. The maximum Gasteiger partial charge on any atom is 0.251 e. The molecule has 2 aromatic carbocycles. The minimum Gasteiger partial charge on any atom is -0.497 e. The van der Waals surface area contributed by atoms with E-state index in [0.717, 1.165) is 11.4 Å². The topological polar surface area (TPSA) is 98.4 Å². The molecule has 9 heteroatoms. The number of carbonyl (C=O) groups excluding carboxylic acids is 2. The number of rotatable bonds is 9. The number of thioether (sulfide) groups is 1. The van der Waals surface area contributed by atoms with Crippen LogP contribution >= 0.6 is 11.8 Å². The minimum atomic E-state index is -0.187. The molecule has 0 spiro atoms. The van der Waals surface area contributed by atoms with Crippen molar-refractivity contribution < 1.29 is 18.7 Å². The second kappa shape index (κ2) is 10.6. The number of ether oxygens (including phenoxy) is 1. The Kier molecular flexibility index (Phi) is 7.11. The first-order valence-electron chi connectivity index (χ1n) is 10.1. The van der Waals surface area contributed by atoms with E-state index in [1.54, 1.807) is 68.1 Å². The van der Waals surface area contributed by atoms with Crippen molar-refractivity contribution in [3.8, 4) is 11.4 Å². The Labute approximate surface area is 195 Å². The predicted molar refractivity (Wildman–Crippen MR) is 126 cm³/mol. The fraction of sp³-hybridized carbons (Fsp3) is 0.125. The number of nitrogens with zero attached hydrogens (tertiary/aromatic N) is 2. The van der Waals surface area contributed by atoms with E-state index in [1.807, 2.05) is 22.9 Å². The van der Waals surface area contributed by atoms with Crippen molar-refractivity contribution in [2.75, 3.05) is 18.2 Å². The summed E-state index contributed by atoms with van der Waals surface area (Å²) in [5, 5.41) is 6.35. The Balaban J connectivity index is 1.33. The van der Waals surface area contributed by atoms with Crippen LogP contribution in [0.25, 0.3) is 5.69 Å². The highest BCUT2D eigenvalue weighted by Crippen LogP contribution is 2.22. The van der Waals surface area contributed by atoms with E-state index in [4.69, 9.17) is 9.15 Å². The summed E-state index contributed by atoms with van der Waals surface area (Å²) in [6, 6.07) is 17.9. The molecule has 8 nitrogen and oxygen atoms in total. The zero-order valence-electron chi connectivity index (χ0n) is 17.9. The fourth-order valence-electron chi connectivity index (χ4n) is 3.05. The molecular formula is C24H22N4O4S. The summed E-state index contributed by atoms with van der Waals surface area (Å²) >= 11 is 1.33. The molecule has 0 atom stereocenters. The first kappa shape index (κ1) is 22.2. The second-order valence-corrected chi connectivity index (χ2v) is 7.90. The standard InChI is InChI=1S/C24H22N4O4S/c1-31-20-10-6-18(7-11-20)27-22(29)16-33-24-25-12-13-28(24)19-8-4-17(5-9-19)23(30)26-15-21-3-2-14-32-21/h2-14H,15-16H2,1H3,(H,26,30)(H,27,29). The number of benzene rings is 2. The summed E-state index contributed by atoms with van der Waals surface area (Å²) in [5.74, 6) is 1.30. The predicted octanol–water partition coefficient (Wildman–Crippen LogP) is 4.13. The van der Waals surface area contributed by atoms with Crippen molar-refractivity contribution >= 4 is 29.3 Å². The van der Waals surface area contributed by atoms with E-state index in [-0.39, 0.29) is 17.6 Å². The van der Waals surface area contributed by atoms with Crippen LogP contribution in [0.4, 0.5) is 5.69 Å². The third kappa shape index (κ3) is 5.83. The summed E-state index contributed by atoms with van der Waals surface area (Å²) < 4.78 is 12.2. The van der Waals surface area contributed by atoms with E-state index < -0.39 is 0 Å². The molecule has 0 radical (unpaired) electrons. The zero-order chi connectivity index (χ0) is 23.0. The average Bonchev–Trinajstić information content (AvgIpc) is 3.54. The van der Waals surface area contributed by atoms with Gasteiger partial charge in [0, 0.05) is 29.3 Å². The molecule has 0 aliphatic rings. The van der Waals surface area contributed by atoms with Gasteiger partial charge in [-0.25, -0.2) is 4.98 Å². The molecule has 0 bridgehead atoms. The lowest BCUT2D eigenvalue weighted by molar-refractivity contribution is -0.113. The Morgan fingerprint density at radius 2 is 1.88 bits per heavy atom. The first-order chi connectivity index (χ1) is 16.1. The molecular weight excluding hydrogens is 440 g/mol. The summed E-state index contributed by atoms with van der Waals surface area (Å²) in [5.41, 5.74) is 2.08. The maximum atomic E-state index is 12.3. The number of nitrogens with one attached hydrogen (secondary N) is 2. The van der Waals surface area contributed by atoms with Crippen molar-refractivity contribution in [2.24, 2.45) is 0 Å². The van der Waals surface area contributed by atoms with Crippen molar-refractivity contribution in [3.63, 3.8) is 0 Å². The highest BCUT2D eigenvalue weighted by atomic mass is 32.2. The van der Waals surface area contributed by atoms with E-state index in [2.05, 4.69) is 15.6 Å². The normalized spacial score (nSPS) is 10.6. The number of anilines is 1. The zero-order valence-corrected chi connectivity index (χ0v) is 18.7. The van der Waals surface area contributed by atoms with E-state index in [1.165, 1.54) is 11.8 Å². The van der Waals surface area contributed by atoms with Crippen LogP contribution in [0.2, 0.25) is 0 Å². The van der Waals surface area contributed by atoms with Gasteiger partial charge in [-0.05, 0) is 60.7 Å². The maximum absolute atomic E-state index is 12.3. The monoisotopic (exact) mass is 462 g/mol. The van der Waals surface area contributed by atoms with Gasteiger partial charge in [-0.2, -0.15) is 0 Å². The highest BCUT2D eigenvalue weighted by molar-refractivity contribution is 7.99. The van der Waals surface area contributed by atoms with E-state index >= 15 is 0 Å². The fourth-order valence-corrected chi connectivity index (χ4v) is 3.82. The van der Waals surface area contributed by atoms with Gasteiger partial charge < -0.3 is 19.8 Å². The number of furan rings is 1. The van der Waals surface area contributed by atoms with Crippen molar-refractivity contribution in [1.29, 1.82) is 0 Å². The Morgan fingerprint density at radius 1 is 1.09 bits per heavy atom. The van der Waals surface area contributed by atoms with Crippen LogP contribution in [-0.4, -0.2) is 34.2 Å². The smallest absolute Gasteiger partial charge is 0.251 e. The van der Waals surface area contributed by atoms with Gasteiger partial charge in [-0.15, -0.1) is 0 Å². The third-order valence-corrected chi connectivity index (χ3v) is 5.69. The Morgan fingerprint density at radius 3 is 2.58 bits per heavy atom. The number of methoxy groups -OCH3 is 1. The quantitative estimate of drug-likeness (QED) is 0.363. The molecule has 4 aromatic rings. The minimum absolute atomic E-state index is 0.136. The van der Waals surface area contributed by atoms with Gasteiger partial charge in [0.2, 0.25) is 5.91 Å². The van der Waals surface area contributed by atoms with Gasteiger partial charge >= 0.3 is 0 Å². The summed E-state index contributed by atoms with van der Waals surface area (Å²) in [7, 11) is 1.59. The van der Waals surface area contributed by atoms with Gasteiger partial charge in [-0.3, -0.25) is 14.2 Å². The van der Waals surface area contributed by atoms with Gasteiger partial charge in [0.05, 0.1) is 25.7 Å². The van der Waals surface area contributed by atoms with Crippen LogP contribution in [0.3, 0.4) is 0 Å². The molecule has 0 fully saturated rings. The molecule has 2 heterocycles. The van der Waals surface area contributed by atoms with Crippen LogP contribution in [0.15, 0.2) is 88.9 Å². The van der Waals surface area contributed by atoms with E-state index in [0.29, 0.717) is 28.7 Å². The SMILES string of the molecule is COc1ccc(NC(=O)CSc2nccn2-c2ccc(C(=O)NCc3ccco3)cc2)cc1. The lowest BCUT2D eigenvalue weighted by Gasteiger charge is -2.09. The lowest BCUT2D eigenvalue weighted by atomic mass is 10.2. The number of hydrogen-bond donors (Lipinski definition) is 2.